The van der Waals surface area contributed by atoms with Crippen molar-refractivity contribution >= 4 is 10.8 Å². The zero-order valence-corrected chi connectivity index (χ0v) is 9.80. The molecule has 0 saturated carbocycles. The molecule has 2 aromatic rings. The summed E-state index contributed by atoms with van der Waals surface area (Å²) in [6, 6.07) is 11.9. The molecule has 2 rings (SSSR count). The molecule has 0 heterocycles. The Morgan fingerprint density at radius 3 is 2.71 bits per heavy atom. The summed E-state index contributed by atoms with van der Waals surface area (Å²) in [7, 11) is 3.04. The molecule has 0 N–H and O–H groups in total. The van der Waals surface area contributed by atoms with E-state index >= 15 is 0 Å². The fourth-order valence-electron chi connectivity index (χ4n) is 1.71. The molecule has 0 atom stereocenters. The lowest BCUT2D eigenvalue weighted by molar-refractivity contribution is -0.507. The van der Waals surface area contributed by atoms with E-state index in [-0.39, 0.29) is 0 Å². The van der Waals surface area contributed by atoms with E-state index in [2.05, 4.69) is 9.93 Å². The van der Waals surface area contributed by atoms with E-state index in [0.29, 0.717) is 6.61 Å². The number of ether oxygens (including phenoxy) is 1. The molecule has 0 amide bonds. The summed E-state index contributed by atoms with van der Waals surface area (Å²) in [6.07, 6.45) is 0. The van der Waals surface area contributed by atoms with Crippen LogP contribution in [-0.4, -0.2) is 14.2 Å². The van der Waals surface area contributed by atoms with Gasteiger partial charge in [0.15, 0.2) is 0 Å². The topological polar surface area (TPSA) is 36.9 Å². The minimum Gasteiger partial charge on any atom is -0.497 e. The standard InChI is InChI=1S/C13H14O4/c1-14-12-7-6-10-4-3-5-11(13(10)8-12)9-16-17-15-2/h3-8H,9H2,1-2H3. The molecule has 0 fully saturated rings. The molecule has 0 aliphatic rings. The van der Waals surface area contributed by atoms with Crippen molar-refractivity contribution in [2.24, 2.45) is 0 Å². The zero-order chi connectivity index (χ0) is 12.1. The lowest BCUT2D eigenvalue weighted by Crippen LogP contribution is -1.95. The van der Waals surface area contributed by atoms with Gasteiger partial charge in [-0.3, -0.25) is 0 Å². The van der Waals surface area contributed by atoms with Crippen molar-refractivity contribution in [3.63, 3.8) is 0 Å². The summed E-state index contributed by atoms with van der Waals surface area (Å²) in [5.74, 6) is 0.817. The fourth-order valence-corrected chi connectivity index (χ4v) is 1.71. The first-order valence-corrected chi connectivity index (χ1v) is 5.23. The average Bonchev–Trinajstić information content (AvgIpc) is 2.39. The van der Waals surface area contributed by atoms with E-state index < -0.39 is 0 Å². The minimum absolute atomic E-state index is 0.318. The summed E-state index contributed by atoms with van der Waals surface area (Å²) < 4.78 is 5.21. The molecule has 4 nitrogen and oxygen atoms in total. The van der Waals surface area contributed by atoms with Gasteiger partial charge in [0.1, 0.15) is 12.4 Å². The van der Waals surface area contributed by atoms with Crippen LogP contribution < -0.4 is 4.74 Å². The summed E-state index contributed by atoms with van der Waals surface area (Å²) in [4.78, 5) is 9.26. The molecule has 0 saturated heterocycles. The van der Waals surface area contributed by atoms with Crippen LogP contribution in [0.2, 0.25) is 0 Å². The third kappa shape index (κ3) is 2.74. The Labute approximate surface area is 99.5 Å². The molecule has 0 bridgehead atoms. The van der Waals surface area contributed by atoms with Gasteiger partial charge in [0.05, 0.1) is 14.2 Å². The normalized spacial score (nSPS) is 10.7. The highest BCUT2D eigenvalue weighted by atomic mass is 17.5. The van der Waals surface area contributed by atoms with Gasteiger partial charge in [-0.25, -0.2) is 9.78 Å². The number of methoxy groups -OCH3 is 1. The van der Waals surface area contributed by atoms with Gasteiger partial charge in [-0.1, -0.05) is 29.3 Å². The van der Waals surface area contributed by atoms with Crippen molar-refractivity contribution < 1.29 is 19.6 Å². The quantitative estimate of drug-likeness (QED) is 0.453. The Balaban J connectivity index is 2.33. The number of hydrogen-bond acceptors (Lipinski definition) is 4. The van der Waals surface area contributed by atoms with Crippen LogP contribution in [0.1, 0.15) is 5.56 Å². The maximum absolute atomic E-state index is 5.21. The summed E-state index contributed by atoms with van der Waals surface area (Å²) in [5.41, 5.74) is 1.01. The Bertz CT molecular complexity index is 496. The van der Waals surface area contributed by atoms with Crippen LogP contribution in [0.15, 0.2) is 36.4 Å². The predicted octanol–water partition coefficient (Wildman–Crippen LogP) is 2.86. The second kappa shape index (κ2) is 5.63. The van der Waals surface area contributed by atoms with E-state index in [9.17, 15) is 0 Å². The molecule has 2 aromatic carbocycles. The van der Waals surface area contributed by atoms with Crippen LogP contribution >= 0.6 is 0 Å². The molecule has 4 heteroatoms. The number of hydrogen-bond donors (Lipinski definition) is 0. The van der Waals surface area contributed by atoms with Gasteiger partial charge in [0.25, 0.3) is 0 Å². The van der Waals surface area contributed by atoms with E-state index in [1.807, 2.05) is 36.4 Å². The van der Waals surface area contributed by atoms with Crippen LogP contribution in [0.3, 0.4) is 0 Å². The number of benzene rings is 2. The molecule has 0 radical (unpaired) electrons. The Morgan fingerprint density at radius 2 is 1.94 bits per heavy atom. The molecule has 0 aliphatic carbocycles. The smallest absolute Gasteiger partial charge is 0.119 e. The molecule has 0 unspecified atom stereocenters. The van der Waals surface area contributed by atoms with Gasteiger partial charge in [-0.2, -0.15) is 0 Å². The lowest BCUT2D eigenvalue weighted by atomic mass is 10.0. The second-order valence-electron chi connectivity index (χ2n) is 3.50. The molecule has 0 aromatic heterocycles. The van der Waals surface area contributed by atoms with Crippen molar-refractivity contribution in [1.29, 1.82) is 0 Å². The van der Waals surface area contributed by atoms with Gasteiger partial charge in [0.2, 0.25) is 0 Å². The van der Waals surface area contributed by atoms with E-state index in [4.69, 9.17) is 9.62 Å². The van der Waals surface area contributed by atoms with Crippen molar-refractivity contribution in [2.75, 3.05) is 14.2 Å². The lowest BCUT2D eigenvalue weighted by Gasteiger charge is -2.07. The SMILES string of the molecule is COOOCc1cccc2ccc(OC)cc12. The van der Waals surface area contributed by atoms with Gasteiger partial charge in [-0.15, -0.1) is 0 Å². The maximum Gasteiger partial charge on any atom is 0.119 e. The molecular weight excluding hydrogens is 220 g/mol. The van der Waals surface area contributed by atoms with Gasteiger partial charge in [0, 0.05) is 0 Å². The van der Waals surface area contributed by atoms with Crippen LogP contribution in [0.5, 0.6) is 5.75 Å². The third-order valence-corrected chi connectivity index (χ3v) is 2.51. The first-order chi connectivity index (χ1) is 8.35. The van der Waals surface area contributed by atoms with Gasteiger partial charge in [-0.05, 0) is 28.5 Å². The van der Waals surface area contributed by atoms with Crippen LogP contribution in [0.4, 0.5) is 0 Å². The Morgan fingerprint density at radius 1 is 1.06 bits per heavy atom. The molecular formula is C13H14O4. The summed E-state index contributed by atoms with van der Waals surface area (Å²) >= 11 is 0. The van der Waals surface area contributed by atoms with Crippen LogP contribution in [0, 0.1) is 0 Å². The van der Waals surface area contributed by atoms with Crippen molar-refractivity contribution in [1.82, 2.24) is 0 Å². The second-order valence-corrected chi connectivity index (χ2v) is 3.50. The third-order valence-electron chi connectivity index (χ3n) is 2.51. The van der Waals surface area contributed by atoms with E-state index in [1.54, 1.807) is 7.11 Å². The molecule has 90 valence electrons. The maximum atomic E-state index is 5.21. The van der Waals surface area contributed by atoms with Crippen LogP contribution in [-0.2, 0) is 21.4 Å². The monoisotopic (exact) mass is 234 g/mol. The van der Waals surface area contributed by atoms with Gasteiger partial charge < -0.3 is 4.74 Å². The average molecular weight is 234 g/mol. The Kier molecular flexibility index (Phi) is 3.93. The molecule has 17 heavy (non-hydrogen) atoms. The van der Waals surface area contributed by atoms with Crippen molar-refractivity contribution in [3.8, 4) is 5.75 Å². The highest BCUT2D eigenvalue weighted by Crippen LogP contribution is 2.24. The van der Waals surface area contributed by atoms with Crippen LogP contribution in [0.25, 0.3) is 10.8 Å². The zero-order valence-electron chi connectivity index (χ0n) is 9.80. The molecule has 0 aliphatic heterocycles. The van der Waals surface area contributed by atoms with E-state index in [1.165, 1.54) is 7.11 Å². The minimum atomic E-state index is 0.318. The van der Waals surface area contributed by atoms with Crippen molar-refractivity contribution in [3.05, 3.63) is 42.0 Å². The van der Waals surface area contributed by atoms with Crippen molar-refractivity contribution in [2.45, 2.75) is 6.61 Å². The van der Waals surface area contributed by atoms with E-state index in [0.717, 1.165) is 22.1 Å². The first kappa shape index (κ1) is 11.9. The number of rotatable bonds is 5. The fraction of sp³-hybridized carbons (Fsp3) is 0.231. The highest BCUT2D eigenvalue weighted by Gasteiger charge is 2.03. The summed E-state index contributed by atoms with van der Waals surface area (Å²) in [6.45, 7) is 0.318. The summed E-state index contributed by atoms with van der Waals surface area (Å²) in [5, 5.41) is 6.62. The predicted molar refractivity (Wildman–Crippen MR) is 63.4 cm³/mol. The molecule has 0 spiro atoms. The van der Waals surface area contributed by atoms with Gasteiger partial charge >= 0.3 is 0 Å². The first-order valence-electron chi connectivity index (χ1n) is 5.23. The Hall–Kier alpha value is -1.62. The number of fused-ring (bicyclic) bond motifs is 1. The largest absolute Gasteiger partial charge is 0.497 e. The highest BCUT2D eigenvalue weighted by molar-refractivity contribution is 5.86.